The minimum absolute atomic E-state index is 0.00923. The highest BCUT2D eigenvalue weighted by Gasteiger charge is 2.29. The maximum absolute atomic E-state index is 12.0. The van der Waals surface area contributed by atoms with E-state index in [2.05, 4.69) is 0 Å². The maximum atomic E-state index is 12.0. The van der Waals surface area contributed by atoms with Crippen LogP contribution in [0, 0.1) is 0 Å². The molecule has 0 bridgehead atoms. The van der Waals surface area contributed by atoms with Crippen LogP contribution >= 0.6 is 0 Å². The maximum Gasteiger partial charge on any atom is 0.159 e. The van der Waals surface area contributed by atoms with Crippen molar-refractivity contribution in [1.29, 1.82) is 0 Å². The van der Waals surface area contributed by atoms with Gasteiger partial charge in [-0.25, -0.2) is 8.42 Å². The van der Waals surface area contributed by atoms with Gasteiger partial charge < -0.3 is 10.5 Å². The summed E-state index contributed by atoms with van der Waals surface area (Å²) in [5.74, 6) is 0.548. The highest BCUT2D eigenvalue weighted by molar-refractivity contribution is 7.91. The van der Waals surface area contributed by atoms with E-state index < -0.39 is 14.6 Å². The molecule has 96 valence electrons. The average Bonchev–Trinajstić information content (AvgIpc) is 2.15. The van der Waals surface area contributed by atoms with E-state index in [1.165, 1.54) is 7.11 Å². The first-order valence-electron chi connectivity index (χ1n) is 5.32. The van der Waals surface area contributed by atoms with E-state index in [1.54, 1.807) is 39.0 Å². The molecule has 1 aromatic carbocycles. The number of hydrogen-bond acceptors (Lipinski definition) is 4. The lowest BCUT2D eigenvalue weighted by atomic mass is 10.2. The van der Waals surface area contributed by atoms with Gasteiger partial charge in [0.15, 0.2) is 9.84 Å². The zero-order valence-corrected chi connectivity index (χ0v) is 11.5. The molecule has 2 N–H and O–H groups in total. The fourth-order valence-corrected chi connectivity index (χ4v) is 2.36. The Morgan fingerprint density at radius 1 is 1.29 bits per heavy atom. The summed E-state index contributed by atoms with van der Waals surface area (Å²) < 4.78 is 28.3. The third-order valence-corrected chi connectivity index (χ3v) is 5.16. The van der Waals surface area contributed by atoms with Crippen molar-refractivity contribution < 1.29 is 13.2 Å². The molecule has 0 amide bonds. The Labute approximate surface area is 103 Å². The van der Waals surface area contributed by atoms with Crippen molar-refractivity contribution in [2.45, 2.75) is 31.3 Å². The Morgan fingerprint density at radius 2 is 1.88 bits per heavy atom. The molecule has 0 aromatic heterocycles. The van der Waals surface area contributed by atoms with Crippen molar-refractivity contribution in [2.75, 3.05) is 12.8 Å². The van der Waals surface area contributed by atoms with E-state index in [1.807, 2.05) is 0 Å². The number of methoxy groups -OCH3 is 1. The molecule has 0 radical (unpaired) electrons. The van der Waals surface area contributed by atoms with Crippen LogP contribution in [0.1, 0.15) is 26.3 Å². The lowest BCUT2D eigenvalue weighted by Gasteiger charge is -2.19. The van der Waals surface area contributed by atoms with Crippen molar-refractivity contribution in [3.05, 3.63) is 23.8 Å². The SMILES string of the molecule is COc1ccc(CS(=O)(=O)C(C)(C)C)cc1N. The summed E-state index contributed by atoms with van der Waals surface area (Å²) in [5, 5.41) is 0. The molecule has 4 nitrogen and oxygen atoms in total. The first-order chi connectivity index (χ1) is 7.67. The standard InChI is InChI=1S/C12H19NO3S/c1-12(2,3)17(14,15)8-9-5-6-11(16-4)10(13)7-9/h5-7H,8,13H2,1-4H3. The van der Waals surface area contributed by atoms with Gasteiger partial charge in [0.2, 0.25) is 0 Å². The van der Waals surface area contributed by atoms with Crippen molar-refractivity contribution in [2.24, 2.45) is 0 Å². The predicted molar refractivity (Wildman–Crippen MR) is 69.8 cm³/mol. The van der Waals surface area contributed by atoms with Crippen LogP contribution in [-0.2, 0) is 15.6 Å². The van der Waals surface area contributed by atoms with Gasteiger partial charge in [-0.1, -0.05) is 6.07 Å². The Balaban J connectivity index is 3.02. The van der Waals surface area contributed by atoms with Crippen LogP contribution in [0.3, 0.4) is 0 Å². The third-order valence-electron chi connectivity index (χ3n) is 2.58. The number of hydrogen-bond donors (Lipinski definition) is 1. The van der Waals surface area contributed by atoms with Crippen molar-refractivity contribution >= 4 is 15.5 Å². The lowest BCUT2D eigenvalue weighted by Crippen LogP contribution is -2.29. The Bertz CT molecular complexity index is 501. The number of benzene rings is 1. The van der Waals surface area contributed by atoms with E-state index in [0.29, 0.717) is 17.0 Å². The van der Waals surface area contributed by atoms with Crippen LogP contribution in [-0.4, -0.2) is 20.3 Å². The Kier molecular flexibility index (Phi) is 3.71. The Morgan fingerprint density at radius 3 is 2.29 bits per heavy atom. The zero-order chi connectivity index (χ0) is 13.3. The van der Waals surface area contributed by atoms with Gasteiger partial charge in [-0.05, 0) is 38.5 Å². The molecular weight excluding hydrogens is 238 g/mol. The highest BCUT2D eigenvalue weighted by Crippen LogP contribution is 2.25. The summed E-state index contributed by atoms with van der Waals surface area (Å²) in [6.45, 7) is 5.07. The average molecular weight is 257 g/mol. The second-order valence-electron chi connectivity index (χ2n) is 4.95. The fourth-order valence-electron chi connectivity index (χ4n) is 1.31. The summed E-state index contributed by atoms with van der Waals surface area (Å²) in [4.78, 5) is 0. The van der Waals surface area contributed by atoms with Crippen LogP contribution in [0.15, 0.2) is 18.2 Å². The quantitative estimate of drug-likeness (QED) is 0.841. The molecule has 1 aromatic rings. The molecule has 0 fully saturated rings. The van der Waals surface area contributed by atoms with Crippen molar-refractivity contribution in [3.8, 4) is 5.75 Å². The van der Waals surface area contributed by atoms with Crippen LogP contribution in [0.2, 0.25) is 0 Å². The molecular formula is C12H19NO3S. The van der Waals surface area contributed by atoms with Crippen molar-refractivity contribution in [1.82, 2.24) is 0 Å². The summed E-state index contributed by atoms with van der Waals surface area (Å²) in [6, 6.07) is 5.05. The zero-order valence-electron chi connectivity index (χ0n) is 10.6. The smallest absolute Gasteiger partial charge is 0.159 e. The number of sulfone groups is 1. The van der Waals surface area contributed by atoms with Gasteiger partial charge in [-0.2, -0.15) is 0 Å². The summed E-state index contributed by atoms with van der Waals surface area (Å²) in [5.41, 5.74) is 6.87. The van der Waals surface area contributed by atoms with Crippen LogP contribution in [0.5, 0.6) is 5.75 Å². The molecule has 0 unspecified atom stereocenters. The first-order valence-corrected chi connectivity index (χ1v) is 6.97. The summed E-state index contributed by atoms with van der Waals surface area (Å²) in [7, 11) is -1.66. The minimum atomic E-state index is -3.18. The van der Waals surface area contributed by atoms with Gasteiger partial charge in [-0.15, -0.1) is 0 Å². The largest absolute Gasteiger partial charge is 0.495 e. The fraction of sp³-hybridized carbons (Fsp3) is 0.500. The molecule has 0 saturated heterocycles. The van der Waals surface area contributed by atoms with Gasteiger partial charge in [0.05, 0.1) is 23.3 Å². The molecule has 0 spiro atoms. The number of rotatable bonds is 3. The second-order valence-corrected chi connectivity index (χ2v) is 7.69. The summed E-state index contributed by atoms with van der Waals surface area (Å²) >= 11 is 0. The van der Waals surface area contributed by atoms with Crippen LogP contribution in [0.4, 0.5) is 5.69 Å². The second kappa shape index (κ2) is 4.56. The van der Waals surface area contributed by atoms with Gasteiger partial charge in [0, 0.05) is 0 Å². The van der Waals surface area contributed by atoms with E-state index in [9.17, 15) is 8.42 Å². The van der Waals surface area contributed by atoms with E-state index in [-0.39, 0.29) is 5.75 Å². The van der Waals surface area contributed by atoms with Gasteiger partial charge in [0.25, 0.3) is 0 Å². The Hall–Kier alpha value is -1.23. The normalized spacial score (nSPS) is 12.5. The molecule has 0 aliphatic carbocycles. The highest BCUT2D eigenvalue weighted by atomic mass is 32.2. The predicted octanol–water partition coefficient (Wildman–Crippen LogP) is 1.99. The summed E-state index contributed by atoms with van der Waals surface area (Å²) in [6.07, 6.45) is 0. The van der Waals surface area contributed by atoms with Gasteiger partial charge in [-0.3, -0.25) is 0 Å². The molecule has 17 heavy (non-hydrogen) atoms. The number of nitrogens with two attached hydrogens (primary N) is 1. The molecule has 0 aliphatic heterocycles. The number of ether oxygens (including phenoxy) is 1. The lowest BCUT2D eigenvalue weighted by molar-refractivity contribution is 0.417. The topological polar surface area (TPSA) is 69.4 Å². The molecule has 0 aliphatic rings. The van der Waals surface area contributed by atoms with Crippen molar-refractivity contribution in [3.63, 3.8) is 0 Å². The monoisotopic (exact) mass is 257 g/mol. The number of nitrogen functional groups attached to an aromatic ring is 1. The molecule has 0 atom stereocenters. The van der Waals surface area contributed by atoms with Crippen LogP contribution in [0.25, 0.3) is 0 Å². The van der Waals surface area contributed by atoms with Gasteiger partial charge in [0.1, 0.15) is 5.75 Å². The van der Waals surface area contributed by atoms with E-state index in [0.717, 1.165) is 0 Å². The molecule has 0 saturated carbocycles. The first kappa shape index (κ1) is 13.8. The van der Waals surface area contributed by atoms with Crippen LogP contribution < -0.4 is 10.5 Å². The molecule has 0 heterocycles. The third kappa shape index (κ3) is 3.12. The molecule has 5 heteroatoms. The minimum Gasteiger partial charge on any atom is -0.495 e. The number of anilines is 1. The molecule has 1 rings (SSSR count). The van der Waals surface area contributed by atoms with E-state index >= 15 is 0 Å². The van der Waals surface area contributed by atoms with Gasteiger partial charge >= 0.3 is 0 Å². The van der Waals surface area contributed by atoms with E-state index in [4.69, 9.17) is 10.5 Å².